The van der Waals surface area contributed by atoms with Crippen LogP contribution in [0.3, 0.4) is 0 Å². The first-order chi connectivity index (χ1) is 14.5. The Morgan fingerprint density at radius 1 is 1.30 bits per heavy atom. The maximum Gasteiger partial charge on any atom is 0.319 e. The van der Waals surface area contributed by atoms with E-state index in [1.165, 1.54) is 11.3 Å². The molecule has 3 aliphatic heterocycles. The van der Waals surface area contributed by atoms with Crippen molar-refractivity contribution in [2.75, 3.05) is 31.5 Å². The number of carbonyl (C=O) groups is 3. The van der Waals surface area contributed by atoms with Gasteiger partial charge in [-0.15, -0.1) is 0 Å². The van der Waals surface area contributed by atoms with Crippen molar-refractivity contribution in [3.05, 3.63) is 16.8 Å². The number of anilines is 1. The van der Waals surface area contributed by atoms with Gasteiger partial charge in [-0.2, -0.15) is 11.3 Å². The molecule has 0 aliphatic carbocycles. The number of hydrogen-bond acceptors (Lipinski definition) is 6. The minimum absolute atomic E-state index is 0.00913. The third-order valence-corrected chi connectivity index (χ3v) is 6.93. The van der Waals surface area contributed by atoms with E-state index < -0.39 is 0 Å². The highest BCUT2D eigenvalue weighted by atomic mass is 32.1. The van der Waals surface area contributed by atoms with Gasteiger partial charge in [-0.3, -0.25) is 14.5 Å². The SMILES string of the molecule is O=C(Nc1ccsc1)N[C@@H]1C[C@H]2C(=O)NC[C@@H](CCC(=O)N3CCC(O)CC3)N2C1. The van der Waals surface area contributed by atoms with Crippen molar-refractivity contribution in [1.29, 1.82) is 0 Å². The number of aliphatic hydroxyl groups excluding tert-OH is 1. The number of thiophene rings is 1. The molecule has 3 saturated heterocycles. The molecule has 4 rings (SSSR count). The van der Waals surface area contributed by atoms with Crippen LogP contribution in [0.1, 0.15) is 32.1 Å². The Bertz CT molecular complexity index is 765. The normalized spacial score (nSPS) is 27.4. The van der Waals surface area contributed by atoms with E-state index in [2.05, 4.69) is 20.9 Å². The van der Waals surface area contributed by atoms with Crippen molar-refractivity contribution in [3.8, 4) is 0 Å². The fourth-order valence-electron chi connectivity index (χ4n) is 4.60. The van der Waals surface area contributed by atoms with Crippen molar-refractivity contribution < 1.29 is 19.5 Å². The minimum atomic E-state index is -0.297. The number of nitrogens with zero attached hydrogens (tertiary/aromatic N) is 2. The van der Waals surface area contributed by atoms with Crippen LogP contribution in [0.25, 0.3) is 0 Å². The average molecular weight is 436 g/mol. The summed E-state index contributed by atoms with van der Waals surface area (Å²) in [5, 5.41) is 22.1. The largest absolute Gasteiger partial charge is 0.393 e. The van der Waals surface area contributed by atoms with E-state index in [9.17, 15) is 19.5 Å². The number of piperidine rings is 1. The van der Waals surface area contributed by atoms with Gasteiger partial charge in [0.1, 0.15) is 0 Å². The van der Waals surface area contributed by atoms with Crippen LogP contribution in [-0.2, 0) is 9.59 Å². The highest BCUT2D eigenvalue weighted by Gasteiger charge is 2.43. The van der Waals surface area contributed by atoms with Gasteiger partial charge >= 0.3 is 6.03 Å². The van der Waals surface area contributed by atoms with Crippen molar-refractivity contribution in [2.45, 2.75) is 56.3 Å². The van der Waals surface area contributed by atoms with E-state index in [0.29, 0.717) is 58.3 Å². The maximum absolute atomic E-state index is 12.5. The monoisotopic (exact) mass is 435 g/mol. The van der Waals surface area contributed by atoms with Gasteiger partial charge in [-0.05, 0) is 37.1 Å². The molecule has 9 nitrogen and oxygen atoms in total. The van der Waals surface area contributed by atoms with Gasteiger partial charge in [0.05, 0.1) is 17.8 Å². The molecular weight excluding hydrogens is 406 g/mol. The summed E-state index contributed by atoms with van der Waals surface area (Å²) in [6, 6.07) is 1.28. The number of hydrogen-bond donors (Lipinski definition) is 4. The van der Waals surface area contributed by atoms with Gasteiger partial charge in [-0.25, -0.2) is 4.79 Å². The highest BCUT2D eigenvalue weighted by Crippen LogP contribution is 2.26. The zero-order chi connectivity index (χ0) is 21.1. The van der Waals surface area contributed by atoms with Crippen LogP contribution >= 0.6 is 11.3 Å². The van der Waals surface area contributed by atoms with Gasteiger partial charge in [0, 0.05) is 50.1 Å². The molecule has 1 aromatic rings. The zero-order valence-corrected chi connectivity index (χ0v) is 17.7. The molecule has 0 aromatic carbocycles. The Kier molecular flexibility index (Phi) is 6.55. The average Bonchev–Trinajstić information content (AvgIpc) is 3.38. The number of fused-ring (bicyclic) bond motifs is 1. The molecule has 0 radical (unpaired) electrons. The summed E-state index contributed by atoms with van der Waals surface area (Å²) in [6.07, 6.45) is 2.64. The zero-order valence-electron chi connectivity index (χ0n) is 16.9. The second kappa shape index (κ2) is 9.32. The summed E-state index contributed by atoms with van der Waals surface area (Å²) in [4.78, 5) is 41.1. The lowest BCUT2D eigenvalue weighted by Gasteiger charge is -2.37. The first kappa shape index (κ1) is 21.1. The molecule has 3 fully saturated rings. The Morgan fingerprint density at radius 2 is 2.10 bits per heavy atom. The second-order valence-corrected chi connectivity index (χ2v) is 9.09. The van der Waals surface area contributed by atoms with Crippen molar-refractivity contribution in [3.63, 3.8) is 0 Å². The van der Waals surface area contributed by atoms with Crippen LogP contribution < -0.4 is 16.0 Å². The fourth-order valence-corrected chi connectivity index (χ4v) is 5.19. The van der Waals surface area contributed by atoms with Crippen LogP contribution in [0, 0.1) is 0 Å². The molecule has 0 saturated carbocycles. The Labute approximate surface area is 179 Å². The summed E-state index contributed by atoms with van der Waals surface area (Å²) in [7, 11) is 0. The topological polar surface area (TPSA) is 114 Å². The lowest BCUT2D eigenvalue weighted by molar-refractivity contribution is -0.134. The van der Waals surface area contributed by atoms with E-state index in [0.717, 1.165) is 5.69 Å². The smallest absolute Gasteiger partial charge is 0.319 e. The molecule has 10 heteroatoms. The van der Waals surface area contributed by atoms with Crippen LogP contribution in [-0.4, -0.2) is 83.2 Å². The molecule has 1 aromatic heterocycles. The summed E-state index contributed by atoms with van der Waals surface area (Å²) in [6.45, 7) is 2.34. The van der Waals surface area contributed by atoms with Crippen molar-refractivity contribution >= 4 is 34.9 Å². The van der Waals surface area contributed by atoms with Crippen LogP contribution in [0.2, 0.25) is 0 Å². The van der Waals surface area contributed by atoms with Crippen LogP contribution in [0.4, 0.5) is 10.5 Å². The number of urea groups is 1. The number of piperazine rings is 1. The molecule has 0 bridgehead atoms. The lowest BCUT2D eigenvalue weighted by Crippen LogP contribution is -2.58. The van der Waals surface area contributed by atoms with Crippen molar-refractivity contribution in [2.24, 2.45) is 0 Å². The molecule has 0 unspecified atom stereocenters. The molecule has 0 spiro atoms. The van der Waals surface area contributed by atoms with Crippen LogP contribution in [0.15, 0.2) is 16.8 Å². The number of rotatable bonds is 5. The molecule has 4 N–H and O–H groups in total. The molecule has 3 aliphatic rings. The molecule has 3 atom stereocenters. The predicted molar refractivity (Wildman–Crippen MR) is 113 cm³/mol. The first-order valence-corrected chi connectivity index (χ1v) is 11.5. The van der Waals surface area contributed by atoms with Crippen LogP contribution in [0.5, 0.6) is 0 Å². The van der Waals surface area contributed by atoms with Gasteiger partial charge in [-0.1, -0.05) is 0 Å². The van der Waals surface area contributed by atoms with E-state index in [1.54, 1.807) is 0 Å². The van der Waals surface area contributed by atoms with Crippen molar-refractivity contribution in [1.82, 2.24) is 20.4 Å². The minimum Gasteiger partial charge on any atom is -0.393 e. The number of amides is 4. The summed E-state index contributed by atoms with van der Waals surface area (Å²) < 4.78 is 0. The second-order valence-electron chi connectivity index (χ2n) is 8.31. The van der Waals surface area contributed by atoms with Gasteiger partial charge in [0.2, 0.25) is 11.8 Å². The Morgan fingerprint density at radius 3 is 2.83 bits per heavy atom. The van der Waals surface area contributed by atoms with Gasteiger partial charge < -0.3 is 26.0 Å². The molecule has 164 valence electrons. The van der Waals surface area contributed by atoms with E-state index in [4.69, 9.17) is 0 Å². The summed E-state index contributed by atoms with van der Waals surface area (Å²) in [5.74, 6) is 0.101. The molecule has 4 amide bonds. The third kappa shape index (κ3) is 4.93. The molecule has 4 heterocycles. The summed E-state index contributed by atoms with van der Waals surface area (Å²) >= 11 is 1.51. The maximum atomic E-state index is 12.5. The lowest BCUT2D eigenvalue weighted by atomic mass is 10.0. The Balaban J connectivity index is 1.28. The number of nitrogens with one attached hydrogen (secondary N) is 3. The number of aliphatic hydroxyl groups is 1. The molecule has 30 heavy (non-hydrogen) atoms. The summed E-state index contributed by atoms with van der Waals surface area (Å²) in [5.41, 5.74) is 0.757. The Hall–Kier alpha value is -2.17. The quantitative estimate of drug-likeness (QED) is 0.540. The molecular formula is C20H29N5O4S. The number of carbonyl (C=O) groups excluding carboxylic acids is 3. The standard InChI is InChI=1S/C20H29N5O4S/c26-16-3-6-24(7-4-16)18(27)2-1-15-10-21-19(28)17-9-14(11-25(15)17)23-20(29)22-13-5-8-30-12-13/h5,8,12,14-17,26H,1-4,6-7,9-11H2,(H,21,28)(H2,22,23,29)/t14-,15-,17+/m1/s1. The fraction of sp³-hybridized carbons (Fsp3) is 0.650. The van der Waals surface area contributed by atoms with E-state index >= 15 is 0 Å². The van der Waals surface area contributed by atoms with E-state index in [-0.39, 0.29) is 42.1 Å². The van der Waals surface area contributed by atoms with Gasteiger partial charge in [0.25, 0.3) is 0 Å². The number of likely N-dealkylation sites (tertiary alicyclic amines) is 1. The van der Waals surface area contributed by atoms with Gasteiger partial charge in [0.15, 0.2) is 0 Å². The first-order valence-electron chi connectivity index (χ1n) is 10.6. The third-order valence-electron chi connectivity index (χ3n) is 6.25. The predicted octanol–water partition coefficient (Wildman–Crippen LogP) is 0.574. The highest BCUT2D eigenvalue weighted by molar-refractivity contribution is 7.08. The van der Waals surface area contributed by atoms with E-state index in [1.807, 2.05) is 21.7 Å².